The molecule has 0 amide bonds. The standard InChI is InChI=1S/C29H38FN3O6.C2HF3O2/c1-7-38-23-11-17-12-33(28(31)24(17)25(30)27(23)39-8-2)13-20(34)16-9-18(29(3,4)5)26(37-6)19(10-16)32-14-21(35)22(36)15-32;3-2(4,5)1(6)7/h9-11,21-22,31,35-36H,7-8,12-15H2,1-6H3;(H,6,7). The molecule has 254 valence electrons. The predicted octanol–water partition coefficient (Wildman–Crippen LogP) is 4.13. The highest BCUT2D eigenvalue weighted by Gasteiger charge is 2.38. The summed E-state index contributed by atoms with van der Waals surface area (Å²) >= 11 is 0. The van der Waals surface area contributed by atoms with Crippen molar-refractivity contribution in [3.63, 3.8) is 0 Å². The van der Waals surface area contributed by atoms with Crippen LogP contribution in [0.4, 0.5) is 23.2 Å². The fourth-order valence-corrected chi connectivity index (χ4v) is 5.17. The zero-order chi connectivity index (χ0) is 34.7. The summed E-state index contributed by atoms with van der Waals surface area (Å²) in [4.78, 5) is 25.9. The SMILES string of the molecule is CCOc1cc2c(c(F)c1OCC)C(=N)N(CC(=O)c1cc(N3CC(O)C(O)C3)c(OC)c(C(C)(C)C)c1)C2.O=C(O)C(F)(F)F. The molecule has 4 N–H and O–H groups in total. The summed E-state index contributed by atoms with van der Waals surface area (Å²) < 4.78 is 64.0. The van der Waals surface area contributed by atoms with E-state index in [0.29, 0.717) is 29.2 Å². The van der Waals surface area contributed by atoms with Gasteiger partial charge in [0.1, 0.15) is 11.6 Å². The van der Waals surface area contributed by atoms with Gasteiger partial charge in [0.15, 0.2) is 23.1 Å². The molecule has 0 aromatic heterocycles. The molecule has 1 saturated heterocycles. The first-order valence-corrected chi connectivity index (χ1v) is 14.5. The molecule has 2 aromatic rings. The number of nitrogens with one attached hydrogen (secondary N) is 1. The van der Waals surface area contributed by atoms with Gasteiger partial charge in [-0.15, -0.1) is 0 Å². The molecule has 2 unspecified atom stereocenters. The van der Waals surface area contributed by atoms with E-state index < -0.39 is 30.2 Å². The van der Waals surface area contributed by atoms with Crippen molar-refractivity contribution in [3.05, 3.63) is 46.3 Å². The first kappa shape index (κ1) is 36.4. The second-order valence-electron chi connectivity index (χ2n) is 11.7. The van der Waals surface area contributed by atoms with Crippen LogP contribution >= 0.6 is 0 Å². The zero-order valence-corrected chi connectivity index (χ0v) is 26.4. The molecule has 2 atom stereocenters. The van der Waals surface area contributed by atoms with Crippen LogP contribution in [0.3, 0.4) is 0 Å². The second kappa shape index (κ2) is 14.1. The molecule has 4 rings (SSSR count). The average molecular weight is 658 g/mol. The van der Waals surface area contributed by atoms with Crippen LogP contribution in [0.2, 0.25) is 0 Å². The lowest BCUT2D eigenvalue weighted by molar-refractivity contribution is -0.192. The van der Waals surface area contributed by atoms with Gasteiger partial charge in [-0.05, 0) is 43.0 Å². The van der Waals surface area contributed by atoms with Crippen LogP contribution < -0.4 is 19.1 Å². The minimum Gasteiger partial charge on any atom is -0.494 e. The molecule has 0 radical (unpaired) electrons. The maximum absolute atomic E-state index is 15.5. The fraction of sp³-hybridized carbons (Fsp3) is 0.516. The summed E-state index contributed by atoms with van der Waals surface area (Å²) in [5, 5.41) is 36.1. The molecule has 2 aliphatic rings. The number of aliphatic hydroxyl groups excluding tert-OH is 2. The third-order valence-corrected chi connectivity index (χ3v) is 7.35. The van der Waals surface area contributed by atoms with E-state index in [4.69, 9.17) is 29.5 Å². The van der Waals surface area contributed by atoms with E-state index in [1.807, 2.05) is 25.7 Å². The number of ether oxygens (including phenoxy) is 3. The number of alkyl halides is 3. The monoisotopic (exact) mass is 657 g/mol. The number of aliphatic hydroxyl groups is 2. The van der Waals surface area contributed by atoms with Crippen LogP contribution in [-0.2, 0) is 16.8 Å². The Morgan fingerprint density at radius 1 is 1.00 bits per heavy atom. The number of anilines is 1. The number of carboxylic acids is 1. The van der Waals surface area contributed by atoms with Gasteiger partial charge in [0.2, 0.25) is 0 Å². The molecule has 2 aliphatic heterocycles. The van der Waals surface area contributed by atoms with Gasteiger partial charge in [0, 0.05) is 30.8 Å². The van der Waals surface area contributed by atoms with Crippen molar-refractivity contribution in [1.82, 2.24) is 4.90 Å². The Hall–Kier alpha value is -4.11. The maximum Gasteiger partial charge on any atom is 0.490 e. The normalized spacial score (nSPS) is 17.8. The fourth-order valence-electron chi connectivity index (χ4n) is 5.17. The Kier molecular flexibility index (Phi) is 11.2. The summed E-state index contributed by atoms with van der Waals surface area (Å²) in [6.45, 7) is 10.6. The third-order valence-electron chi connectivity index (χ3n) is 7.35. The van der Waals surface area contributed by atoms with Crippen LogP contribution in [-0.4, -0.2) is 96.1 Å². The van der Waals surface area contributed by atoms with Gasteiger partial charge >= 0.3 is 12.1 Å². The molecule has 0 bridgehead atoms. The van der Waals surface area contributed by atoms with E-state index in [1.165, 1.54) is 4.90 Å². The first-order valence-electron chi connectivity index (χ1n) is 14.5. The number of fused-ring (bicyclic) bond motifs is 1. The number of halogens is 4. The van der Waals surface area contributed by atoms with Crippen molar-refractivity contribution in [2.24, 2.45) is 0 Å². The highest BCUT2D eigenvalue weighted by molar-refractivity contribution is 6.06. The zero-order valence-electron chi connectivity index (χ0n) is 26.4. The minimum atomic E-state index is -5.08. The molecule has 1 fully saturated rings. The van der Waals surface area contributed by atoms with Crippen molar-refractivity contribution in [2.45, 2.75) is 65.0 Å². The van der Waals surface area contributed by atoms with Crippen LogP contribution in [0.25, 0.3) is 0 Å². The summed E-state index contributed by atoms with van der Waals surface area (Å²) in [5.74, 6) is -2.93. The van der Waals surface area contributed by atoms with Crippen molar-refractivity contribution < 1.29 is 56.7 Å². The van der Waals surface area contributed by atoms with E-state index in [0.717, 1.165) is 5.56 Å². The number of benzene rings is 2. The number of amidine groups is 1. The van der Waals surface area contributed by atoms with Gasteiger partial charge in [-0.2, -0.15) is 13.2 Å². The molecule has 46 heavy (non-hydrogen) atoms. The summed E-state index contributed by atoms with van der Waals surface area (Å²) in [6.07, 6.45) is -6.90. The Balaban J connectivity index is 0.000000738. The van der Waals surface area contributed by atoms with Crippen molar-refractivity contribution >= 4 is 23.3 Å². The smallest absolute Gasteiger partial charge is 0.490 e. The van der Waals surface area contributed by atoms with Crippen LogP contribution in [0.1, 0.15) is 61.7 Å². The predicted molar refractivity (Wildman–Crippen MR) is 160 cm³/mol. The number of methoxy groups -OCH3 is 1. The van der Waals surface area contributed by atoms with E-state index >= 15 is 4.39 Å². The number of carbonyl (C=O) groups is 2. The number of rotatable bonds is 9. The number of aliphatic carboxylic acids is 1. The van der Waals surface area contributed by atoms with Crippen LogP contribution in [0.15, 0.2) is 18.2 Å². The van der Waals surface area contributed by atoms with Crippen molar-refractivity contribution in [3.8, 4) is 17.2 Å². The minimum absolute atomic E-state index is 0.0272. The maximum atomic E-state index is 15.5. The number of carbonyl (C=O) groups excluding carboxylic acids is 1. The topological polar surface area (TPSA) is 153 Å². The van der Waals surface area contributed by atoms with Gasteiger partial charge in [0.25, 0.3) is 0 Å². The molecule has 2 heterocycles. The number of ketones is 1. The number of nitrogens with zero attached hydrogens (tertiary/aromatic N) is 2. The highest BCUT2D eigenvalue weighted by atomic mass is 19.4. The van der Waals surface area contributed by atoms with E-state index in [-0.39, 0.29) is 66.9 Å². The summed E-state index contributed by atoms with van der Waals surface area (Å²) in [5.41, 5.74) is 2.11. The Morgan fingerprint density at radius 3 is 2.04 bits per heavy atom. The quantitative estimate of drug-likeness (QED) is 0.229. The highest BCUT2D eigenvalue weighted by Crippen LogP contribution is 2.42. The molecule has 0 spiro atoms. The molecule has 2 aromatic carbocycles. The van der Waals surface area contributed by atoms with Crippen molar-refractivity contribution in [2.75, 3.05) is 44.9 Å². The van der Waals surface area contributed by atoms with Gasteiger partial charge < -0.3 is 39.3 Å². The second-order valence-corrected chi connectivity index (χ2v) is 11.7. The lowest BCUT2D eigenvalue weighted by atomic mass is 9.84. The third kappa shape index (κ3) is 7.81. The molecule has 11 nitrogen and oxygen atoms in total. The molecule has 0 saturated carbocycles. The molecular weight excluding hydrogens is 618 g/mol. The van der Waals surface area contributed by atoms with E-state index in [9.17, 15) is 28.2 Å². The lowest BCUT2D eigenvalue weighted by Crippen LogP contribution is -2.31. The van der Waals surface area contributed by atoms with Gasteiger partial charge in [0.05, 0.1) is 50.3 Å². The van der Waals surface area contributed by atoms with E-state index in [2.05, 4.69) is 0 Å². The van der Waals surface area contributed by atoms with Crippen LogP contribution in [0, 0.1) is 11.2 Å². The van der Waals surface area contributed by atoms with Gasteiger partial charge in [-0.25, -0.2) is 9.18 Å². The Morgan fingerprint density at radius 2 is 1.57 bits per heavy atom. The number of hydrogen-bond donors (Lipinski definition) is 4. The Bertz CT molecular complexity index is 1470. The number of carboxylic acid groups (broad SMARTS) is 1. The number of β-amino-alcohol motifs (C(OH)–C–C–N with tert-alkyl or cyclic N) is 2. The number of hydrogen-bond acceptors (Lipinski definition) is 9. The Labute approximate surface area is 263 Å². The van der Waals surface area contributed by atoms with Gasteiger partial charge in [-0.3, -0.25) is 10.2 Å². The summed E-state index contributed by atoms with van der Waals surface area (Å²) in [6, 6.07) is 5.18. The van der Waals surface area contributed by atoms with Crippen molar-refractivity contribution in [1.29, 1.82) is 5.41 Å². The lowest BCUT2D eigenvalue weighted by Gasteiger charge is -2.29. The van der Waals surface area contributed by atoms with Crippen LogP contribution in [0.5, 0.6) is 17.2 Å². The largest absolute Gasteiger partial charge is 0.494 e. The number of Topliss-reactive ketones (excluding diaryl/α,β-unsaturated/α-hetero) is 1. The van der Waals surface area contributed by atoms with E-state index in [1.54, 1.807) is 39.2 Å². The molecular formula is C31H39F4N3O8. The first-order chi connectivity index (χ1) is 21.3. The van der Waals surface area contributed by atoms with Gasteiger partial charge in [-0.1, -0.05) is 20.8 Å². The molecule has 15 heteroatoms. The molecule has 0 aliphatic carbocycles. The summed E-state index contributed by atoms with van der Waals surface area (Å²) in [7, 11) is 1.56. The average Bonchev–Trinajstić information content (AvgIpc) is 3.46.